The number of methoxy groups -OCH3 is 1. The first-order valence-electron chi connectivity index (χ1n) is 7.52. The molecule has 4 rings (SSSR count). The van der Waals surface area contributed by atoms with Crippen LogP contribution in [0.3, 0.4) is 0 Å². The number of nitrogens with two attached hydrogens (primary N) is 1. The minimum absolute atomic E-state index is 0.0158. The van der Waals surface area contributed by atoms with Gasteiger partial charge in [-0.15, -0.1) is 0 Å². The highest BCUT2D eigenvalue weighted by atomic mass is 16.5. The molecule has 0 spiro atoms. The van der Waals surface area contributed by atoms with Crippen LogP contribution in [0.5, 0.6) is 5.75 Å². The van der Waals surface area contributed by atoms with Crippen molar-refractivity contribution in [3.63, 3.8) is 0 Å². The summed E-state index contributed by atoms with van der Waals surface area (Å²) in [6.45, 7) is 0. The molecule has 1 heterocycles. The van der Waals surface area contributed by atoms with Gasteiger partial charge in [0.25, 0.3) is 0 Å². The molecule has 2 fully saturated rings. The van der Waals surface area contributed by atoms with Crippen LogP contribution in [0.15, 0.2) is 18.2 Å². The molecule has 2 aliphatic carbocycles. The lowest BCUT2D eigenvalue weighted by molar-refractivity contribution is 0.241. The molecular formula is C16H21N3O. The first-order valence-corrected chi connectivity index (χ1v) is 7.52. The van der Waals surface area contributed by atoms with Crippen LogP contribution in [0, 0.1) is 0 Å². The van der Waals surface area contributed by atoms with Crippen molar-refractivity contribution in [1.29, 1.82) is 0 Å². The molecule has 106 valence electrons. The third-order valence-corrected chi connectivity index (χ3v) is 4.74. The van der Waals surface area contributed by atoms with Crippen molar-refractivity contribution in [3.8, 4) is 5.75 Å². The number of aromatic nitrogens is 2. The van der Waals surface area contributed by atoms with E-state index in [-0.39, 0.29) is 5.54 Å². The van der Waals surface area contributed by atoms with Crippen molar-refractivity contribution in [3.05, 3.63) is 24.0 Å². The summed E-state index contributed by atoms with van der Waals surface area (Å²) in [7, 11) is 1.70. The Balaban J connectivity index is 1.79. The summed E-state index contributed by atoms with van der Waals surface area (Å²) in [5.41, 5.74) is 8.67. The van der Waals surface area contributed by atoms with Gasteiger partial charge in [-0.25, -0.2) is 4.98 Å². The standard InChI is InChI=1S/C16H21N3O/c1-20-12-5-6-14-13(9-12)18-15(19(14)11-3-4-11)10-16(17)7-2-8-16/h5-6,9,11H,2-4,7-8,10,17H2,1H3. The van der Waals surface area contributed by atoms with Gasteiger partial charge in [0.1, 0.15) is 11.6 Å². The van der Waals surface area contributed by atoms with Crippen LogP contribution in [0.1, 0.15) is 44.0 Å². The van der Waals surface area contributed by atoms with E-state index >= 15 is 0 Å². The molecule has 0 atom stereocenters. The molecule has 2 aliphatic rings. The second-order valence-electron chi connectivity index (χ2n) is 6.38. The van der Waals surface area contributed by atoms with E-state index < -0.39 is 0 Å². The maximum atomic E-state index is 6.42. The van der Waals surface area contributed by atoms with Crippen molar-refractivity contribution in [2.24, 2.45) is 5.73 Å². The number of imidazole rings is 1. The van der Waals surface area contributed by atoms with E-state index in [1.165, 1.54) is 24.8 Å². The number of hydrogen-bond donors (Lipinski definition) is 1. The third kappa shape index (κ3) is 1.90. The van der Waals surface area contributed by atoms with Crippen molar-refractivity contribution >= 4 is 11.0 Å². The Morgan fingerprint density at radius 1 is 1.40 bits per heavy atom. The maximum Gasteiger partial charge on any atom is 0.121 e. The van der Waals surface area contributed by atoms with Gasteiger partial charge in [0, 0.05) is 24.1 Å². The largest absolute Gasteiger partial charge is 0.497 e. The summed E-state index contributed by atoms with van der Waals surface area (Å²) in [5, 5.41) is 0. The van der Waals surface area contributed by atoms with E-state index in [4.69, 9.17) is 15.5 Å². The van der Waals surface area contributed by atoms with Gasteiger partial charge in [0.2, 0.25) is 0 Å². The zero-order valence-corrected chi connectivity index (χ0v) is 11.9. The van der Waals surface area contributed by atoms with Gasteiger partial charge in [-0.05, 0) is 44.2 Å². The highest BCUT2D eigenvalue weighted by molar-refractivity contribution is 5.78. The number of rotatable bonds is 4. The summed E-state index contributed by atoms with van der Waals surface area (Å²) in [6, 6.07) is 6.81. The maximum absolute atomic E-state index is 6.42. The molecule has 1 aromatic carbocycles. The predicted octanol–water partition coefficient (Wildman–Crippen LogP) is 2.80. The van der Waals surface area contributed by atoms with E-state index in [0.717, 1.165) is 36.4 Å². The van der Waals surface area contributed by atoms with Crippen molar-refractivity contribution in [2.45, 2.75) is 50.1 Å². The molecule has 0 unspecified atom stereocenters. The Hall–Kier alpha value is -1.55. The molecular weight excluding hydrogens is 250 g/mol. The van der Waals surface area contributed by atoms with Gasteiger partial charge in [-0.3, -0.25) is 0 Å². The fraction of sp³-hybridized carbons (Fsp3) is 0.562. The van der Waals surface area contributed by atoms with Gasteiger partial charge in [-0.2, -0.15) is 0 Å². The summed E-state index contributed by atoms with van der Waals surface area (Å²) < 4.78 is 7.73. The zero-order valence-electron chi connectivity index (χ0n) is 11.9. The molecule has 4 nitrogen and oxygen atoms in total. The summed E-state index contributed by atoms with van der Waals surface area (Å²) in [6.07, 6.45) is 6.95. The van der Waals surface area contributed by atoms with Crippen LogP contribution >= 0.6 is 0 Å². The number of benzene rings is 1. The number of nitrogens with zero attached hydrogens (tertiary/aromatic N) is 2. The first kappa shape index (κ1) is 12.2. The quantitative estimate of drug-likeness (QED) is 0.930. The number of fused-ring (bicyclic) bond motifs is 1. The van der Waals surface area contributed by atoms with Crippen molar-refractivity contribution < 1.29 is 4.74 Å². The molecule has 0 bridgehead atoms. The van der Waals surface area contributed by atoms with E-state index in [9.17, 15) is 0 Å². The van der Waals surface area contributed by atoms with Crippen LogP contribution < -0.4 is 10.5 Å². The van der Waals surface area contributed by atoms with Crippen LogP contribution in [-0.4, -0.2) is 22.2 Å². The lowest BCUT2D eigenvalue weighted by atomic mass is 9.75. The summed E-state index contributed by atoms with van der Waals surface area (Å²) in [4.78, 5) is 4.85. The topological polar surface area (TPSA) is 53.1 Å². The third-order valence-electron chi connectivity index (χ3n) is 4.74. The minimum Gasteiger partial charge on any atom is -0.497 e. The molecule has 2 saturated carbocycles. The van der Waals surface area contributed by atoms with Crippen LogP contribution in [-0.2, 0) is 6.42 Å². The van der Waals surface area contributed by atoms with Crippen molar-refractivity contribution in [2.75, 3.05) is 7.11 Å². The van der Waals surface area contributed by atoms with Crippen LogP contribution in [0.2, 0.25) is 0 Å². The van der Waals surface area contributed by atoms with Gasteiger partial charge in [0.05, 0.1) is 18.1 Å². The molecule has 4 heteroatoms. The fourth-order valence-corrected chi connectivity index (χ4v) is 3.24. The van der Waals surface area contributed by atoms with Gasteiger partial charge in [-0.1, -0.05) is 0 Å². The van der Waals surface area contributed by atoms with E-state index in [1.807, 2.05) is 12.1 Å². The Kier molecular flexibility index (Phi) is 2.58. The monoisotopic (exact) mass is 271 g/mol. The van der Waals surface area contributed by atoms with Gasteiger partial charge >= 0.3 is 0 Å². The lowest BCUT2D eigenvalue weighted by Crippen LogP contribution is -2.48. The van der Waals surface area contributed by atoms with E-state index in [0.29, 0.717) is 6.04 Å². The Morgan fingerprint density at radius 2 is 2.20 bits per heavy atom. The zero-order chi connectivity index (χ0) is 13.7. The molecule has 0 saturated heterocycles. The summed E-state index contributed by atoms with van der Waals surface area (Å²) in [5.74, 6) is 2.04. The molecule has 2 aromatic rings. The Labute approximate surface area is 118 Å². The second kappa shape index (κ2) is 4.22. The van der Waals surface area contributed by atoms with E-state index in [2.05, 4.69) is 10.6 Å². The normalized spacial score (nSPS) is 20.9. The lowest BCUT2D eigenvalue weighted by Gasteiger charge is -2.37. The predicted molar refractivity (Wildman–Crippen MR) is 79.0 cm³/mol. The van der Waals surface area contributed by atoms with Gasteiger partial charge < -0.3 is 15.0 Å². The van der Waals surface area contributed by atoms with Crippen LogP contribution in [0.4, 0.5) is 0 Å². The Bertz CT molecular complexity index is 653. The molecule has 0 amide bonds. The molecule has 1 aromatic heterocycles. The highest BCUT2D eigenvalue weighted by Gasteiger charge is 2.36. The fourth-order valence-electron chi connectivity index (χ4n) is 3.24. The average molecular weight is 271 g/mol. The SMILES string of the molecule is COc1ccc2c(c1)nc(CC1(N)CCC1)n2C1CC1. The molecule has 20 heavy (non-hydrogen) atoms. The van der Waals surface area contributed by atoms with Crippen molar-refractivity contribution in [1.82, 2.24) is 9.55 Å². The minimum atomic E-state index is -0.0158. The van der Waals surface area contributed by atoms with Crippen LogP contribution in [0.25, 0.3) is 11.0 Å². The first-order chi connectivity index (χ1) is 9.68. The molecule has 2 N–H and O–H groups in total. The van der Waals surface area contributed by atoms with Gasteiger partial charge in [0.15, 0.2) is 0 Å². The van der Waals surface area contributed by atoms with E-state index in [1.54, 1.807) is 7.11 Å². The summed E-state index contributed by atoms with van der Waals surface area (Å²) >= 11 is 0. The second-order valence-corrected chi connectivity index (χ2v) is 6.38. The number of ether oxygens (including phenoxy) is 1. The smallest absolute Gasteiger partial charge is 0.121 e. The highest BCUT2D eigenvalue weighted by Crippen LogP contribution is 2.41. The Morgan fingerprint density at radius 3 is 2.80 bits per heavy atom. The molecule has 0 radical (unpaired) electrons. The number of hydrogen-bond acceptors (Lipinski definition) is 3. The molecule has 0 aliphatic heterocycles. The average Bonchev–Trinajstić information content (AvgIpc) is 3.18.